The molecule has 0 unspecified atom stereocenters. The molecule has 0 aliphatic carbocycles. The highest BCUT2D eigenvalue weighted by Gasteiger charge is 2.12. The van der Waals surface area contributed by atoms with E-state index in [9.17, 15) is 13.6 Å². The molecule has 19 heavy (non-hydrogen) atoms. The van der Waals surface area contributed by atoms with E-state index in [0.717, 1.165) is 17.0 Å². The Morgan fingerprint density at radius 2 is 1.79 bits per heavy atom. The van der Waals surface area contributed by atoms with E-state index in [1.807, 2.05) is 0 Å². The van der Waals surface area contributed by atoms with Gasteiger partial charge in [0.1, 0.15) is 11.6 Å². The summed E-state index contributed by atoms with van der Waals surface area (Å²) in [4.78, 5) is 12.7. The van der Waals surface area contributed by atoms with Gasteiger partial charge in [-0.2, -0.15) is 0 Å². The lowest BCUT2D eigenvalue weighted by molar-refractivity contribution is 0.101. The standard InChI is InChI=1S/C14H9ClF2OS/c15-9-1-4-11(5-2-9)19-8-14(18)12-6-3-10(16)7-13(12)17/h1-7H,8H2. The molecule has 1 nitrogen and oxygen atoms in total. The molecular weight excluding hydrogens is 290 g/mol. The van der Waals surface area contributed by atoms with E-state index in [2.05, 4.69) is 0 Å². The molecule has 0 saturated heterocycles. The van der Waals surface area contributed by atoms with Gasteiger partial charge < -0.3 is 0 Å². The molecule has 0 heterocycles. The Balaban J connectivity index is 2.03. The molecule has 2 rings (SSSR count). The Morgan fingerprint density at radius 1 is 1.11 bits per heavy atom. The Morgan fingerprint density at radius 3 is 2.42 bits per heavy atom. The van der Waals surface area contributed by atoms with Crippen molar-refractivity contribution in [3.63, 3.8) is 0 Å². The summed E-state index contributed by atoms with van der Waals surface area (Å²) < 4.78 is 26.1. The molecule has 0 atom stereocenters. The quantitative estimate of drug-likeness (QED) is 0.606. The van der Waals surface area contributed by atoms with E-state index in [4.69, 9.17) is 11.6 Å². The first-order chi connectivity index (χ1) is 9.06. The highest BCUT2D eigenvalue weighted by atomic mass is 35.5. The first-order valence-corrected chi connectivity index (χ1v) is 6.79. The third-order valence-corrected chi connectivity index (χ3v) is 3.68. The summed E-state index contributed by atoms with van der Waals surface area (Å²) in [5.41, 5.74) is -0.0946. The Kier molecular flexibility index (Phi) is 4.56. The van der Waals surface area contributed by atoms with E-state index in [1.165, 1.54) is 11.8 Å². The summed E-state index contributed by atoms with van der Waals surface area (Å²) in [6, 6.07) is 9.93. The molecule has 2 aromatic carbocycles. The van der Waals surface area contributed by atoms with E-state index in [1.54, 1.807) is 24.3 Å². The molecule has 0 aromatic heterocycles. The minimum absolute atomic E-state index is 0.0875. The largest absolute Gasteiger partial charge is 0.293 e. The van der Waals surface area contributed by atoms with Crippen LogP contribution in [0.25, 0.3) is 0 Å². The molecule has 0 N–H and O–H groups in total. The second-order valence-electron chi connectivity index (χ2n) is 3.79. The van der Waals surface area contributed by atoms with Crippen molar-refractivity contribution in [2.75, 3.05) is 5.75 Å². The van der Waals surface area contributed by atoms with Crippen LogP contribution in [0.3, 0.4) is 0 Å². The van der Waals surface area contributed by atoms with Gasteiger partial charge in [-0.05, 0) is 36.4 Å². The van der Waals surface area contributed by atoms with Gasteiger partial charge in [0, 0.05) is 16.0 Å². The van der Waals surface area contributed by atoms with Crippen molar-refractivity contribution in [3.8, 4) is 0 Å². The van der Waals surface area contributed by atoms with E-state index < -0.39 is 11.6 Å². The van der Waals surface area contributed by atoms with Crippen molar-refractivity contribution in [3.05, 3.63) is 64.7 Å². The molecule has 0 fully saturated rings. The van der Waals surface area contributed by atoms with Gasteiger partial charge in [-0.1, -0.05) is 11.6 Å². The summed E-state index contributed by atoms with van der Waals surface area (Å²) in [5.74, 6) is -1.82. The van der Waals surface area contributed by atoms with Crippen molar-refractivity contribution >= 4 is 29.1 Å². The monoisotopic (exact) mass is 298 g/mol. The Hall–Kier alpha value is -1.39. The van der Waals surface area contributed by atoms with Gasteiger partial charge in [-0.25, -0.2) is 8.78 Å². The summed E-state index contributed by atoms with van der Waals surface area (Å²) in [6.07, 6.45) is 0. The molecule has 0 bridgehead atoms. The van der Waals surface area contributed by atoms with Crippen LogP contribution in [0.4, 0.5) is 8.78 Å². The van der Waals surface area contributed by atoms with Crippen LogP contribution < -0.4 is 0 Å². The normalized spacial score (nSPS) is 10.5. The Bertz CT molecular complexity index is 599. The molecule has 0 spiro atoms. The van der Waals surface area contributed by atoms with Gasteiger partial charge in [0.15, 0.2) is 5.78 Å². The maximum atomic E-state index is 13.4. The highest BCUT2D eigenvalue weighted by molar-refractivity contribution is 8.00. The van der Waals surface area contributed by atoms with E-state index >= 15 is 0 Å². The molecule has 0 aliphatic heterocycles. The zero-order valence-electron chi connectivity index (χ0n) is 9.70. The average Bonchev–Trinajstić information content (AvgIpc) is 2.37. The van der Waals surface area contributed by atoms with Gasteiger partial charge in [-0.15, -0.1) is 11.8 Å². The lowest BCUT2D eigenvalue weighted by Crippen LogP contribution is -2.05. The summed E-state index contributed by atoms with van der Waals surface area (Å²) in [7, 11) is 0. The first kappa shape index (κ1) is 14.0. The number of carbonyl (C=O) groups excluding carboxylic acids is 1. The number of rotatable bonds is 4. The third kappa shape index (κ3) is 3.78. The minimum atomic E-state index is -0.832. The number of ketones is 1. The van der Waals surface area contributed by atoms with Crippen molar-refractivity contribution < 1.29 is 13.6 Å². The molecule has 0 saturated carbocycles. The molecule has 5 heteroatoms. The van der Waals surface area contributed by atoms with Crippen LogP contribution >= 0.6 is 23.4 Å². The van der Waals surface area contributed by atoms with Crippen LogP contribution in [0.5, 0.6) is 0 Å². The van der Waals surface area contributed by atoms with Crippen LogP contribution in [0.15, 0.2) is 47.4 Å². The number of carbonyl (C=O) groups is 1. The van der Waals surface area contributed by atoms with Crippen LogP contribution in [0.2, 0.25) is 5.02 Å². The number of halogens is 3. The zero-order chi connectivity index (χ0) is 13.8. The summed E-state index contributed by atoms with van der Waals surface area (Å²) in [5, 5.41) is 0.611. The number of Topliss-reactive ketones (excluding diaryl/α,β-unsaturated/α-hetero) is 1. The molecular formula is C14H9ClF2OS. The molecule has 2 aromatic rings. The van der Waals surface area contributed by atoms with Gasteiger partial charge in [-0.3, -0.25) is 4.79 Å². The fourth-order valence-electron chi connectivity index (χ4n) is 1.47. The molecule has 98 valence electrons. The zero-order valence-corrected chi connectivity index (χ0v) is 11.3. The van der Waals surface area contributed by atoms with Gasteiger partial charge in [0.25, 0.3) is 0 Å². The number of hydrogen-bond acceptors (Lipinski definition) is 2. The van der Waals surface area contributed by atoms with Crippen LogP contribution in [0.1, 0.15) is 10.4 Å². The van der Waals surface area contributed by atoms with Crippen molar-refractivity contribution in [2.24, 2.45) is 0 Å². The minimum Gasteiger partial charge on any atom is -0.293 e. The maximum Gasteiger partial charge on any atom is 0.176 e. The smallest absolute Gasteiger partial charge is 0.176 e. The topological polar surface area (TPSA) is 17.1 Å². The van der Waals surface area contributed by atoms with Gasteiger partial charge in [0.2, 0.25) is 0 Å². The van der Waals surface area contributed by atoms with E-state index in [0.29, 0.717) is 11.1 Å². The average molecular weight is 299 g/mol. The van der Waals surface area contributed by atoms with Crippen molar-refractivity contribution in [2.45, 2.75) is 4.90 Å². The second kappa shape index (κ2) is 6.17. The third-order valence-electron chi connectivity index (χ3n) is 2.42. The number of hydrogen-bond donors (Lipinski definition) is 0. The van der Waals surface area contributed by atoms with E-state index in [-0.39, 0.29) is 17.1 Å². The predicted molar refractivity (Wildman–Crippen MR) is 72.9 cm³/mol. The first-order valence-electron chi connectivity index (χ1n) is 5.43. The van der Waals surface area contributed by atoms with Gasteiger partial charge in [0.05, 0.1) is 11.3 Å². The van der Waals surface area contributed by atoms with Crippen molar-refractivity contribution in [1.29, 1.82) is 0 Å². The summed E-state index contributed by atoms with van der Waals surface area (Å²) in [6.45, 7) is 0. The summed E-state index contributed by atoms with van der Waals surface area (Å²) >= 11 is 7.02. The lowest BCUT2D eigenvalue weighted by atomic mass is 10.1. The molecule has 0 aliphatic rings. The van der Waals surface area contributed by atoms with Crippen LogP contribution in [-0.2, 0) is 0 Å². The SMILES string of the molecule is O=C(CSc1ccc(Cl)cc1)c1ccc(F)cc1F. The van der Waals surface area contributed by atoms with Crippen LogP contribution in [-0.4, -0.2) is 11.5 Å². The second-order valence-corrected chi connectivity index (χ2v) is 5.28. The predicted octanol–water partition coefficient (Wildman–Crippen LogP) is 4.59. The van der Waals surface area contributed by atoms with Crippen molar-refractivity contribution in [1.82, 2.24) is 0 Å². The van der Waals surface area contributed by atoms with Gasteiger partial charge >= 0.3 is 0 Å². The highest BCUT2D eigenvalue weighted by Crippen LogP contribution is 2.22. The molecule has 0 amide bonds. The number of thioether (sulfide) groups is 1. The maximum absolute atomic E-state index is 13.4. The molecule has 0 radical (unpaired) electrons. The van der Waals surface area contributed by atoms with Crippen LogP contribution in [0, 0.1) is 11.6 Å². The number of benzene rings is 2. The lowest BCUT2D eigenvalue weighted by Gasteiger charge is -2.03. The fourth-order valence-corrected chi connectivity index (χ4v) is 2.38. The Labute approximate surface area is 118 Å². The fraction of sp³-hybridized carbons (Fsp3) is 0.0714.